The number of aryl methyl sites for hydroxylation is 1. The maximum atomic E-state index is 9.03. The Balaban J connectivity index is 1.94. The van der Waals surface area contributed by atoms with Crippen LogP contribution in [0, 0.1) is 6.92 Å². The van der Waals surface area contributed by atoms with E-state index in [0.717, 1.165) is 15.9 Å². The van der Waals surface area contributed by atoms with E-state index >= 15 is 0 Å². The summed E-state index contributed by atoms with van der Waals surface area (Å²) in [6, 6.07) is 0. The van der Waals surface area contributed by atoms with Crippen LogP contribution in [0.1, 0.15) is 22.6 Å². The van der Waals surface area contributed by atoms with Gasteiger partial charge in [-0.05, 0) is 22.9 Å². The molecule has 2 heterocycles. The molecule has 0 unspecified atom stereocenters. The summed E-state index contributed by atoms with van der Waals surface area (Å²) in [5.41, 5.74) is 3.14. The van der Waals surface area contributed by atoms with Crippen LogP contribution in [0.25, 0.3) is 0 Å². The van der Waals surface area contributed by atoms with Crippen molar-refractivity contribution >= 4 is 15.9 Å². The lowest BCUT2D eigenvalue weighted by atomic mass is 10.3. The first kappa shape index (κ1) is 13.3. The molecular weight excluding hydrogens is 302 g/mol. The monoisotopic (exact) mass is 315 g/mol. The topological polar surface area (TPSA) is 73.3 Å². The van der Waals surface area contributed by atoms with Crippen LogP contribution in [0.15, 0.2) is 15.3 Å². The Morgan fingerprint density at radius 2 is 2.17 bits per heavy atom. The van der Waals surface area contributed by atoms with E-state index in [1.54, 1.807) is 4.68 Å². The van der Waals surface area contributed by atoms with Gasteiger partial charge in [0, 0.05) is 18.3 Å². The fourth-order valence-electron chi connectivity index (χ4n) is 1.52. The lowest BCUT2D eigenvalue weighted by molar-refractivity contribution is 0.0976. The van der Waals surface area contributed by atoms with Gasteiger partial charge in [-0.15, -0.1) is 0 Å². The molecule has 0 amide bonds. The quantitative estimate of drug-likeness (QED) is 0.909. The Bertz CT molecular complexity index is 536. The number of aliphatic hydroxyl groups excluding tert-OH is 1. The maximum absolute atomic E-state index is 9.03. The molecule has 0 aromatic carbocycles. The number of halogens is 1. The molecule has 7 heteroatoms. The molecule has 0 spiro atoms. The molecule has 6 nitrogen and oxygen atoms in total. The molecule has 0 saturated heterocycles. The minimum absolute atomic E-state index is 0.103. The van der Waals surface area contributed by atoms with E-state index in [0.29, 0.717) is 17.9 Å². The molecule has 0 saturated carbocycles. The highest BCUT2D eigenvalue weighted by molar-refractivity contribution is 9.10. The fraction of sp³-hybridized carbons (Fsp3) is 0.455. The molecule has 0 aliphatic carbocycles. The van der Waals surface area contributed by atoms with Crippen LogP contribution >= 0.6 is 15.9 Å². The summed E-state index contributed by atoms with van der Waals surface area (Å²) in [7, 11) is 1.88. The molecule has 0 radical (unpaired) electrons. The first-order chi connectivity index (χ1) is 8.63. The third-order valence-electron chi connectivity index (χ3n) is 2.70. The molecular formula is C11H14BrN3O3. The van der Waals surface area contributed by atoms with Crippen LogP contribution in [0.5, 0.6) is 0 Å². The van der Waals surface area contributed by atoms with E-state index in [1.165, 1.54) is 6.26 Å². The van der Waals surface area contributed by atoms with Gasteiger partial charge < -0.3 is 14.4 Å². The van der Waals surface area contributed by atoms with E-state index in [9.17, 15) is 0 Å². The van der Waals surface area contributed by atoms with E-state index < -0.39 is 0 Å². The van der Waals surface area contributed by atoms with E-state index in [4.69, 9.17) is 14.4 Å². The second-order valence-electron chi connectivity index (χ2n) is 3.91. The van der Waals surface area contributed by atoms with Crippen molar-refractivity contribution in [1.29, 1.82) is 0 Å². The summed E-state index contributed by atoms with van der Waals surface area (Å²) in [5.74, 6) is 0. The van der Waals surface area contributed by atoms with Crippen molar-refractivity contribution in [1.82, 2.24) is 14.9 Å². The van der Waals surface area contributed by atoms with E-state index in [-0.39, 0.29) is 13.2 Å². The molecule has 18 heavy (non-hydrogen) atoms. The number of aromatic nitrogens is 3. The average Bonchev–Trinajstić information content (AvgIpc) is 2.91. The molecule has 0 aliphatic heterocycles. The standard InChI is InChI=1S/C11H14BrN3O3/c1-7-11(12)10(13-15(7)2)6-17-5-9-8(3-16)4-18-14-9/h4,16H,3,5-6H2,1-2H3. The Hall–Kier alpha value is -1.18. The number of hydrogen-bond acceptors (Lipinski definition) is 5. The summed E-state index contributed by atoms with van der Waals surface area (Å²) in [5, 5.41) is 17.1. The summed E-state index contributed by atoms with van der Waals surface area (Å²) in [6.07, 6.45) is 1.42. The summed E-state index contributed by atoms with van der Waals surface area (Å²) in [4.78, 5) is 0. The number of aliphatic hydroxyl groups is 1. The van der Waals surface area contributed by atoms with Gasteiger partial charge in [0.2, 0.25) is 0 Å². The smallest absolute Gasteiger partial charge is 0.129 e. The minimum atomic E-state index is -0.103. The highest BCUT2D eigenvalue weighted by atomic mass is 79.9. The van der Waals surface area contributed by atoms with Crippen molar-refractivity contribution in [2.45, 2.75) is 26.7 Å². The third-order valence-corrected chi connectivity index (χ3v) is 3.74. The highest BCUT2D eigenvalue weighted by Gasteiger charge is 2.11. The van der Waals surface area contributed by atoms with Gasteiger partial charge in [-0.2, -0.15) is 5.10 Å². The summed E-state index contributed by atoms with van der Waals surface area (Å²) < 4.78 is 13.0. The van der Waals surface area contributed by atoms with Crippen LogP contribution in [0.2, 0.25) is 0 Å². The molecule has 2 rings (SSSR count). The molecule has 0 atom stereocenters. The van der Waals surface area contributed by atoms with Gasteiger partial charge in [0.25, 0.3) is 0 Å². The molecule has 2 aromatic rings. The first-order valence-corrected chi connectivity index (χ1v) is 6.21. The normalized spacial score (nSPS) is 11.1. The highest BCUT2D eigenvalue weighted by Crippen LogP contribution is 2.21. The van der Waals surface area contributed by atoms with Gasteiger partial charge in [0.15, 0.2) is 0 Å². The maximum Gasteiger partial charge on any atom is 0.129 e. The number of nitrogens with zero attached hydrogens (tertiary/aromatic N) is 3. The number of ether oxygens (including phenoxy) is 1. The minimum Gasteiger partial charge on any atom is -0.391 e. The second-order valence-corrected chi connectivity index (χ2v) is 4.70. The van der Waals surface area contributed by atoms with Crippen molar-refractivity contribution in [2.75, 3.05) is 0 Å². The van der Waals surface area contributed by atoms with Crippen molar-refractivity contribution in [3.8, 4) is 0 Å². The van der Waals surface area contributed by atoms with Crippen molar-refractivity contribution in [3.63, 3.8) is 0 Å². The van der Waals surface area contributed by atoms with Gasteiger partial charge >= 0.3 is 0 Å². The molecule has 0 aliphatic rings. The zero-order valence-corrected chi connectivity index (χ0v) is 11.8. The lowest BCUT2D eigenvalue weighted by Gasteiger charge is -2.01. The SMILES string of the molecule is Cc1c(Br)c(COCc2nocc2CO)nn1C. The molecule has 0 fully saturated rings. The molecule has 0 bridgehead atoms. The molecule has 98 valence electrons. The first-order valence-electron chi connectivity index (χ1n) is 5.42. The predicted molar refractivity (Wildman–Crippen MR) is 66.6 cm³/mol. The average molecular weight is 316 g/mol. The van der Waals surface area contributed by atoms with Crippen LogP contribution in [0.4, 0.5) is 0 Å². The predicted octanol–water partition coefficient (Wildman–Crippen LogP) is 1.69. The zero-order valence-electron chi connectivity index (χ0n) is 10.2. The van der Waals surface area contributed by atoms with Crippen molar-refractivity contribution < 1.29 is 14.4 Å². The summed E-state index contributed by atoms with van der Waals surface area (Å²) in [6.45, 7) is 2.53. The van der Waals surface area contributed by atoms with Gasteiger partial charge in [-0.1, -0.05) is 5.16 Å². The van der Waals surface area contributed by atoms with Gasteiger partial charge in [0.05, 0.1) is 24.3 Å². The van der Waals surface area contributed by atoms with Crippen LogP contribution in [-0.2, 0) is 31.6 Å². The lowest BCUT2D eigenvalue weighted by Crippen LogP contribution is -1.99. The second kappa shape index (κ2) is 5.64. The Kier molecular flexibility index (Phi) is 4.15. The van der Waals surface area contributed by atoms with Gasteiger partial charge in [-0.25, -0.2) is 0 Å². The number of rotatable bonds is 5. The molecule has 1 N–H and O–H groups in total. The zero-order chi connectivity index (χ0) is 13.1. The van der Waals surface area contributed by atoms with Crippen LogP contribution in [0.3, 0.4) is 0 Å². The van der Waals surface area contributed by atoms with Crippen LogP contribution in [-0.4, -0.2) is 20.0 Å². The van der Waals surface area contributed by atoms with Gasteiger partial charge in [0.1, 0.15) is 17.7 Å². The van der Waals surface area contributed by atoms with E-state index in [1.807, 2.05) is 14.0 Å². The van der Waals surface area contributed by atoms with Crippen molar-refractivity contribution in [3.05, 3.63) is 33.4 Å². The Morgan fingerprint density at radius 3 is 2.78 bits per heavy atom. The Morgan fingerprint density at radius 1 is 1.44 bits per heavy atom. The van der Waals surface area contributed by atoms with Crippen LogP contribution < -0.4 is 0 Å². The summed E-state index contributed by atoms with van der Waals surface area (Å²) >= 11 is 3.47. The number of hydrogen-bond donors (Lipinski definition) is 1. The van der Waals surface area contributed by atoms with Crippen molar-refractivity contribution in [2.24, 2.45) is 7.05 Å². The van der Waals surface area contributed by atoms with E-state index in [2.05, 4.69) is 26.2 Å². The largest absolute Gasteiger partial charge is 0.391 e. The Labute approximate surface area is 113 Å². The third kappa shape index (κ3) is 2.63. The fourth-order valence-corrected chi connectivity index (χ4v) is 1.97. The molecule has 2 aromatic heterocycles. The van der Waals surface area contributed by atoms with Gasteiger partial charge in [-0.3, -0.25) is 4.68 Å².